The zero-order valence-electron chi connectivity index (χ0n) is 22.7. The van der Waals surface area contributed by atoms with Crippen molar-refractivity contribution in [1.29, 1.82) is 0 Å². The van der Waals surface area contributed by atoms with Crippen LogP contribution in [0.25, 0.3) is 22.5 Å². The van der Waals surface area contributed by atoms with Gasteiger partial charge in [0.15, 0.2) is 4.80 Å². The van der Waals surface area contributed by atoms with Crippen LogP contribution in [0, 0.1) is 0 Å². The number of thiazole rings is 1. The molecule has 1 atom stereocenters. The van der Waals surface area contributed by atoms with Crippen LogP contribution in [0.5, 0.6) is 5.75 Å². The molecule has 4 aromatic carbocycles. The van der Waals surface area contributed by atoms with Gasteiger partial charge in [-0.15, -0.1) is 11.3 Å². The van der Waals surface area contributed by atoms with Crippen molar-refractivity contribution in [3.63, 3.8) is 0 Å². The van der Waals surface area contributed by atoms with Gasteiger partial charge in [-0.1, -0.05) is 96.3 Å². The first kappa shape index (κ1) is 25.2. The highest BCUT2D eigenvalue weighted by molar-refractivity contribution is 7.10. The van der Waals surface area contributed by atoms with Crippen molar-refractivity contribution >= 4 is 45.2 Å². The fourth-order valence-corrected chi connectivity index (χ4v) is 7.96. The molecule has 204 valence electrons. The summed E-state index contributed by atoms with van der Waals surface area (Å²) in [7, 11) is 0. The smallest absolute Gasteiger partial charge is 0.271 e. The van der Waals surface area contributed by atoms with Crippen molar-refractivity contribution in [2.45, 2.75) is 25.5 Å². The van der Waals surface area contributed by atoms with E-state index in [2.05, 4.69) is 84.2 Å². The molecule has 0 fully saturated rings. The first-order valence-electron chi connectivity index (χ1n) is 14.1. The van der Waals surface area contributed by atoms with E-state index in [1.54, 1.807) is 11.3 Å². The Labute approximate surface area is 250 Å². The van der Waals surface area contributed by atoms with E-state index in [1.165, 1.54) is 43.7 Å². The maximum absolute atomic E-state index is 13.9. The average Bonchev–Trinajstić information content (AvgIpc) is 3.68. The van der Waals surface area contributed by atoms with Crippen LogP contribution < -0.4 is 19.6 Å². The van der Waals surface area contributed by atoms with Crippen LogP contribution in [-0.2, 0) is 13.0 Å². The highest BCUT2D eigenvalue weighted by Crippen LogP contribution is 2.42. The highest BCUT2D eigenvalue weighted by atomic mass is 32.1. The fourth-order valence-electron chi connectivity index (χ4n) is 6.11. The van der Waals surface area contributed by atoms with E-state index in [0.717, 1.165) is 40.2 Å². The summed E-state index contributed by atoms with van der Waals surface area (Å²) < 4.78 is 8.74. The third kappa shape index (κ3) is 4.35. The molecule has 0 spiro atoms. The molecule has 3 heterocycles. The van der Waals surface area contributed by atoms with Crippen LogP contribution in [0.15, 0.2) is 124 Å². The van der Waals surface area contributed by atoms with Gasteiger partial charge in [-0.3, -0.25) is 9.36 Å². The third-order valence-corrected chi connectivity index (χ3v) is 10.0. The van der Waals surface area contributed by atoms with Crippen molar-refractivity contribution in [1.82, 2.24) is 4.57 Å². The van der Waals surface area contributed by atoms with Crippen molar-refractivity contribution in [3.05, 3.63) is 161 Å². The third-order valence-electron chi connectivity index (χ3n) is 8.14. The van der Waals surface area contributed by atoms with E-state index >= 15 is 0 Å². The second-order valence-electron chi connectivity index (χ2n) is 10.6. The van der Waals surface area contributed by atoms with Crippen LogP contribution in [0.4, 0.5) is 0 Å². The number of nitrogens with zero attached hydrogens (tertiary/aromatic N) is 2. The SMILES string of the molecule is O=c1/c(=C\c2ccc(OCc3cccc4ccccc34)cc2)sc2n1[C@@H](c1cccs1)C1=C(N=2)c2ccccc2CC1. The summed E-state index contributed by atoms with van der Waals surface area (Å²) in [5.74, 6) is 0.797. The molecule has 0 bridgehead atoms. The number of hydrogen-bond acceptors (Lipinski definition) is 5. The maximum Gasteiger partial charge on any atom is 0.271 e. The van der Waals surface area contributed by atoms with Gasteiger partial charge in [0.05, 0.1) is 16.3 Å². The first-order valence-corrected chi connectivity index (χ1v) is 15.8. The van der Waals surface area contributed by atoms with E-state index in [4.69, 9.17) is 9.73 Å². The standard InChI is InChI=1S/C36H26N2O2S2/c39-35-32(21-23-14-17-27(18-15-23)40-22-26-10-5-9-24-7-1-3-11-28(24)26)42-36-37-33-29-12-4-2-8-25(29)16-19-30(33)34(38(35)36)31-13-6-20-41-31/h1-15,17-18,20-21,34H,16,19,22H2/b32-21+/t34-/m1/s1. The number of fused-ring (bicyclic) bond motifs is 4. The van der Waals surface area contributed by atoms with Crippen molar-refractivity contribution < 1.29 is 4.74 Å². The minimum Gasteiger partial charge on any atom is -0.489 e. The van der Waals surface area contributed by atoms with Crippen LogP contribution >= 0.6 is 22.7 Å². The minimum absolute atomic E-state index is 0.0128. The molecule has 0 unspecified atom stereocenters. The van der Waals surface area contributed by atoms with Gasteiger partial charge >= 0.3 is 0 Å². The Kier molecular flexibility index (Phi) is 6.24. The molecule has 0 amide bonds. The molecule has 0 radical (unpaired) electrons. The Morgan fingerprint density at radius 3 is 2.60 bits per heavy atom. The second kappa shape index (κ2) is 10.4. The molecule has 0 saturated carbocycles. The van der Waals surface area contributed by atoms with Gasteiger partial charge in [0, 0.05) is 10.4 Å². The Hall–Kier alpha value is -4.52. The van der Waals surface area contributed by atoms with Crippen LogP contribution in [0.1, 0.15) is 39.6 Å². The molecule has 6 heteroatoms. The number of ether oxygens (including phenoxy) is 1. The summed E-state index contributed by atoms with van der Waals surface area (Å²) in [5.41, 5.74) is 6.92. The largest absolute Gasteiger partial charge is 0.489 e. The van der Waals surface area contributed by atoms with Crippen molar-refractivity contribution in [3.8, 4) is 5.75 Å². The molecule has 1 aliphatic carbocycles. The second-order valence-corrected chi connectivity index (χ2v) is 12.6. The van der Waals surface area contributed by atoms with E-state index < -0.39 is 0 Å². The number of rotatable bonds is 5. The van der Waals surface area contributed by atoms with Gasteiger partial charge in [-0.25, -0.2) is 4.99 Å². The zero-order chi connectivity index (χ0) is 28.0. The molecule has 4 nitrogen and oxygen atoms in total. The van der Waals surface area contributed by atoms with E-state index in [-0.39, 0.29) is 11.6 Å². The quantitative estimate of drug-likeness (QED) is 0.217. The fraction of sp³-hybridized carbons (Fsp3) is 0.111. The predicted octanol–water partition coefficient (Wildman–Crippen LogP) is 7.11. The molecular weight excluding hydrogens is 557 g/mol. The molecule has 8 rings (SSSR count). The first-order chi connectivity index (χ1) is 20.7. The summed E-state index contributed by atoms with van der Waals surface area (Å²) in [4.78, 5) is 21.0. The molecule has 0 N–H and O–H groups in total. The molecule has 42 heavy (non-hydrogen) atoms. The van der Waals surface area contributed by atoms with Gasteiger partial charge in [-0.2, -0.15) is 0 Å². The summed E-state index contributed by atoms with van der Waals surface area (Å²) in [5, 5.41) is 4.51. The average molecular weight is 583 g/mol. The number of thiophene rings is 1. The molecule has 6 aromatic rings. The molecular formula is C36H26N2O2S2. The summed E-state index contributed by atoms with van der Waals surface area (Å²) in [6.07, 6.45) is 3.84. The van der Waals surface area contributed by atoms with Crippen LogP contribution in [0.3, 0.4) is 0 Å². The Morgan fingerprint density at radius 1 is 0.881 bits per heavy atom. The van der Waals surface area contributed by atoms with Gasteiger partial charge in [0.25, 0.3) is 5.56 Å². The maximum atomic E-state index is 13.9. The van der Waals surface area contributed by atoms with Crippen molar-refractivity contribution in [2.75, 3.05) is 0 Å². The monoisotopic (exact) mass is 582 g/mol. The van der Waals surface area contributed by atoms with E-state index in [0.29, 0.717) is 11.1 Å². The number of hydrogen-bond donors (Lipinski definition) is 0. The Balaban J connectivity index is 1.13. The van der Waals surface area contributed by atoms with Gasteiger partial charge in [0.2, 0.25) is 0 Å². The molecule has 2 aromatic heterocycles. The molecule has 1 aliphatic heterocycles. The lowest BCUT2D eigenvalue weighted by Gasteiger charge is -2.30. The minimum atomic E-state index is -0.114. The Morgan fingerprint density at radius 2 is 1.71 bits per heavy atom. The number of allylic oxidation sites excluding steroid dienone is 1. The number of aryl methyl sites for hydroxylation is 1. The number of benzene rings is 4. The Bertz CT molecular complexity index is 2170. The zero-order valence-corrected chi connectivity index (χ0v) is 24.3. The normalized spacial score (nSPS) is 16.1. The van der Waals surface area contributed by atoms with Crippen molar-refractivity contribution in [2.24, 2.45) is 4.99 Å². The summed E-state index contributed by atoms with van der Waals surface area (Å²) in [6, 6.07) is 35.2. The van der Waals surface area contributed by atoms with Gasteiger partial charge < -0.3 is 4.74 Å². The van der Waals surface area contributed by atoms with Gasteiger partial charge in [-0.05, 0) is 75.5 Å². The highest BCUT2D eigenvalue weighted by Gasteiger charge is 2.33. The lowest BCUT2D eigenvalue weighted by molar-refractivity contribution is 0.307. The molecule has 2 aliphatic rings. The number of aromatic nitrogens is 1. The predicted molar refractivity (Wildman–Crippen MR) is 172 cm³/mol. The lowest BCUT2D eigenvalue weighted by Crippen LogP contribution is -2.38. The summed E-state index contributed by atoms with van der Waals surface area (Å²) >= 11 is 3.17. The van der Waals surface area contributed by atoms with Gasteiger partial charge in [0.1, 0.15) is 12.4 Å². The summed E-state index contributed by atoms with van der Waals surface area (Å²) in [6.45, 7) is 0.496. The topological polar surface area (TPSA) is 43.6 Å². The van der Waals surface area contributed by atoms with E-state index in [9.17, 15) is 4.79 Å². The van der Waals surface area contributed by atoms with Crippen LogP contribution in [-0.4, -0.2) is 4.57 Å². The lowest BCUT2D eigenvalue weighted by atomic mass is 9.85. The molecule has 0 saturated heterocycles. The van der Waals surface area contributed by atoms with Crippen LogP contribution in [0.2, 0.25) is 0 Å². The van der Waals surface area contributed by atoms with E-state index in [1.807, 2.05) is 34.9 Å².